The SMILES string of the molecule is CSCCC(NC(=O)c1ccc(Cl)cc1Cl)C(=O)Nc1ccncc1. The van der Waals surface area contributed by atoms with Crippen LogP contribution in [0.4, 0.5) is 5.69 Å². The van der Waals surface area contributed by atoms with E-state index in [2.05, 4.69) is 15.6 Å². The van der Waals surface area contributed by atoms with Crippen molar-refractivity contribution in [2.45, 2.75) is 12.5 Å². The Morgan fingerprint density at radius 2 is 1.92 bits per heavy atom. The van der Waals surface area contributed by atoms with Crippen LogP contribution < -0.4 is 10.6 Å². The monoisotopic (exact) mass is 397 g/mol. The molecule has 2 rings (SSSR count). The Morgan fingerprint density at radius 3 is 2.56 bits per heavy atom. The van der Waals surface area contributed by atoms with Crippen LogP contribution in [0.3, 0.4) is 0 Å². The van der Waals surface area contributed by atoms with Crippen molar-refractivity contribution >= 4 is 52.5 Å². The minimum Gasteiger partial charge on any atom is -0.340 e. The second-order valence-corrected chi connectivity index (χ2v) is 6.99. The highest BCUT2D eigenvalue weighted by atomic mass is 35.5. The number of carbonyl (C=O) groups excluding carboxylic acids is 2. The first-order valence-electron chi connectivity index (χ1n) is 7.47. The number of nitrogens with zero attached hydrogens (tertiary/aromatic N) is 1. The molecule has 1 heterocycles. The van der Waals surface area contributed by atoms with E-state index in [0.717, 1.165) is 5.75 Å². The predicted molar refractivity (Wildman–Crippen MR) is 104 cm³/mol. The van der Waals surface area contributed by atoms with Crippen molar-refractivity contribution in [1.82, 2.24) is 10.3 Å². The molecule has 25 heavy (non-hydrogen) atoms. The molecule has 0 aliphatic rings. The fourth-order valence-corrected chi connectivity index (χ4v) is 3.04. The van der Waals surface area contributed by atoms with Gasteiger partial charge in [0.05, 0.1) is 10.6 Å². The van der Waals surface area contributed by atoms with Gasteiger partial charge in [-0.25, -0.2) is 0 Å². The van der Waals surface area contributed by atoms with Crippen LogP contribution in [0.5, 0.6) is 0 Å². The van der Waals surface area contributed by atoms with Crippen LogP contribution in [0.1, 0.15) is 16.8 Å². The summed E-state index contributed by atoms with van der Waals surface area (Å²) >= 11 is 13.5. The number of benzene rings is 1. The molecule has 2 aromatic rings. The van der Waals surface area contributed by atoms with Crippen LogP contribution in [0, 0.1) is 0 Å². The highest BCUT2D eigenvalue weighted by Crippen LogP contribution is 2.21. The molecule has 2 amide bonds. The molecule has 0 bridgehead atoms. The van der Waals surface area contributed by atoms with Crippen LogP contribution in [-0.2, 0) is 4.79 Å². The van der Waals surface area contributed by atoms with Gasteiger partial charge in [-0.05, 0) is 48.8 Å². The van der Waals surface area contributed by atoms with Crippen molar-refractivity contribution in [1.29, 1.82) is 0 Å². The van der Waals surface area contributed by atoms with Crippen LogP contribution in [0.2, 0.25) is 10.0 Å². The van der Waals surface area contributed by atoms with E-state index in [0.29, 0.717) is 17.1 Å². The molecular formula is C17H17Cl2N3O2S. The van der Waals surface area contributed by atoms with Gasteiger partial charge in [-0.2, -0.15) is 11.8 Å². The zero-order chi connectivity index (χ0) is 18.2. The molecule has 0 saturated carbocycles. The molecule has 0 aliphatic carbocycles. The van der Waals surface area contributed by atoms with Crippen molar-refractivity contribution in [2.24, 2.45) is 0 Å². The first kappa shape index (κ1) is 19.6. The lowest BCUT2D eigenvalue weighted by atomic mass is 10.1. The lowest BCUT2D eigenvalue weighted by molar-refractivity contribution is -0.118. The van der Waals surface area contributed by atoms with Gasteiger partial charge in [0.2, 0.25) is 5.91 Å². The summed E-state index contributed by atoms with van der Waals surface area (Å²) in [7, 11) is 0. The van der Waals surface area contributed by atoms with Gasteiger partial charge >= 0.3 is 0 Å². The molecule has 1 aromatic heterocycles. The Hall–Kier alpha value is -1.76. The number of pyridine rings is 1. The average molecular weight is 398 g/mol. The van der Waals surface area contributed by atoms with Crippen molar-refractivity contribution < 1.29 is 9.59 Å². The van der Waals surface area contributed by atoms with Crippen LogP contribution in [-0.4, -0.2) is 34.8 Å². The second-order valence-electron chi connectivity index (χ2n) is 5.16. The van der Waals surface area contributed by atoms with E-state index in [-0.39, 0.29) is 16.5 Å². The summed E-state index contributed by atoms with van der Waals surface area (Å²) in [6.07, 6.45) is 5.60. The topological polar surface area (TPSA) is 71.1 Å². The molecule has 2 N–H and O–H groups in total. The van der Waals surface area contributed by atoms with Gasteiger partial charge in [0.1, 0.15) is 6.04 Å². The summed E-state index contributed by atoms with van der Waals surface area (Å²) in [5.41, 5.74) is 0.893. The third-order valence-corrected chi connectivity index (χ3v) is 4.55. The Morgan fingerprint density at radius 1 is 1.20 bits per heavy atom. The zero-order valence-electron chi connectivity index (χ0n) is 13.5. The fourth-order valence-electron chi connectivity index (χ4n) is 2.08. The Kier molecular flexibility index (Phi) is 7.55. The number of halogens is 2. The summed E-state index contributed by atoms with van der Waals surface area (Å²) in [6.45, 7) is 0. The molecule has 0 saturated heterocycles. The van der Waals surface area contributed by atoms with Gasteiger partial charge in [0.25, 0.3) is 5.91 Å². The standard InChI is InChI=1S/C17H17Cl2N3O2S/c1-25-9-6-15(17(24)21-12-4-7-20-8-5-12)22-16(23)13-3-2-11(18)10-14(13)19/h2-5,7-8,10,15H,6,9H2,1H3,(H,22,23)(H,20,21,24). The van der Waals surface area contributed by atoms with E-state index in [1.807, 2.05) is 6.26 Å². The van der Waals surface area contributed by atoms with E-state index in [1.54, 1.807) is 42.4 Å². The Balaban J connectivity index is 2.10. The number of hydrogen-bond donors (Lipinski definition) is 2. The molecule has 0 aliphatic heterocycles. The summed E-state index contributed by atoms with van der Waals surface area (Å²) < 4.78 is 0. The quantitative estimate of drug-likeness (QED) is 0.743. The molecule has 1 atom stereocenters. The summed E-state index contributed by atoms with van der Waals surface area (Å²) in [6, 6.07) is 7.29. The first-order valence-corrected chi connectivity index (χ1v) is 9.62. The van der Waals surface area contributed by atoms with Crippen molar-refractivity contribution in [3.63, 3.8) is 0 Å². The van der Waals surface area contributed by atoms with Crippen LogP contribution >= 0.6 is 35.0 Å². The number of aromatic nitrogens is 1. The lowest BCUT2D eigenvalue weighted by Gasteiger charge is -2.18. The molecule has 132 valence electrons. The molecule has 5 nitrogen and oxygen atoms in total. The molecule has 8 heteroatoms. The van der Waals surface area contributed by atoms with Gasteiger partial charge in [-0.3, -0.25) is 14.6 Å². The summed E-state index contributed by atoms with van der Waals surface area (Å²) in [5.74, 6) is 0.0135. The van der Waals surface area contributed by atoms with Crippen LogP contribution in [0.15, 0.2) is 42.7 Å². The highest BCUT2D eigenvalue weighted by molar-refractivity contribution is 7.98. The lowest BCUT2D eigenvalue weighted by Crippen LogP contribution is -2.44. The van der Waals surface area contributed by atoms with Crippen LogP contribution in [0.25, 0.3) is 0 Å². The maximum Gasteiger partial charge on any atom is 0.253 e. The van der Waals surface area contributed by atoms with Gasteiger partial charge in [0, 0.05) is 23.1 Å². The molecule has 1 aromatic carbocycles. The van der Waals surface area contributed by atoms with Gasteiger partial charge in [-0.15, -0.1) is 0 Å². The number of rotatable bonds is 7. The van der Waals surface area contributed by atoms with E-state index in [4.69, 9.17) is 23.2 Å². The van der Waals surface area contributed by atoms with Gasteiger partial charge < -0.3 is 10.6 Å². The van der Waals surface area contributed by atoms with E-state index in [9.17, 15) is 9.59 Å². The number of hydrogen-bond acceptors (Lipinski definition) is 4. The van der Waals surface area contributed by atoms with Crippen molar-refractivity contribution in [3.05, 3.63) is 58.3 Å². The highest BCUT2D eigenvalue weighted by Gasteiger charge is 2.22. The number of amides is 2. The predicted octanol–water partition coefficient (Wildman–Crippen LogP) is 3.88. The van der Waals surface area contributed by atoms with E-state index in [1.165, 1.54) is 12.1 Å². The normalized spacial score (nSPS) is 11.6. The molecule has 0 fully saturated rings. The minimum atomic E-state index is -0.681. The second kappa shape index (κ2) is 9.65. The van der Waals surface area contributed by atoms with Crippen molar-refractivity contribution in [2.75, 3.05) is 17.3 Å². The zero-order valence-corrected chi connectivity index (χ0v) is 15.8. The smallest absolute Gasteiger partial charge is 0.253 e. The maximum atomic E-state index is 12.5. The Bertz CT molecular complexity index is 744. The third-order valence-electron chi connectivity index (χ3n) is 3.36. The van der Waals surface area contributed by atoms with Gasteiger partial charge in [0.15, 0.2) is 0 Å². The molecule has 0 radical (unpaired) electrons. The third kappa shape index (κ3) is 5.92. The number of nitrogens with one attached hydrogen (secondary N) is 2. The molecule has 1 unspecified atom stereocenters. The summed E-state index contributed by atoms with van der Waals surface area (Å²) in [4.78, 5) is 28.9. The maximum absolute atomic E-state index is 12.5. The van der Waals surface area contributed by atoms with E-state index >= 15 is 0 Å². The molecular weight excluding hydrogens is 381 g/mol. The largest absolute Gasteiger partial charge is 0.340 e. The molecule has 0 spiro atoms. The number of thioether (sulfide) groups is 1. The summed E-state index contributed by atoms with van der Waals surface area (Å²) in [5, 5.41) is 6.20. The number of carbonyl (C=O) groups is 2. The Labute approximate surface area is 160 Å². The average Bonchev–Trinajstić information content (AvgIpc) is 2.59. The van der Waals surface area contributed by atoms with E-state index < -0.39 is 11.9 Å². The minimum absolute atomic E-state index is 0.239. The first-order chi connectivity index (χ1) is 12.0. The number of anilines is 1. The fraction of sp³-hybridized carbons (Fsp3) is 0.235. The van der Waals surface area contributed by atoms with Crippen molar-refractivity contribution in [3.8, 4) is 0 Å². The van der Waals surface area contributed by atoms with Gasteiger partial charge in [-0.1, -0.05) is 23.2 Å².